The summed E-state index contributed by atoms with van der Waals surface area (Å²) in [5.41, 5.74) is 0. The Labute approximate surface area is 256 Å². The Hall–Kier alpha value is -1.73. The predicted octanol–water partition coefficient (Wildman–Crippen LogP) is -0.863. The molecule has 44 heavy (non-hydrogen) atoms. The molecule has 0 rings (SSSR count). The summed E-state index contributed by atoms with van der Waals surface area (Å²) in [5.74, 6) is -0.828. The van der Waals surface area contributed by atoms with Gasteiger partial charge in [-0.25, -0.2) is 13.9 Å². The number of amides is 4. The molecule has 2 unspecified atom stereocenters. The molecule has 0 aromatic rings. The molecule has 0 saturated carbocycles. The zero-order valence-corrected chi connectivity index (χ0v) is 27.3. The number of aliphatic hydroxyl groups excluding tert-OH is 2. The van der Waals surface area contributed by atoms with Crippen LogP contribution in [-0.4, -0.2) is 128 Å². The van der Waals surface area contributed by atoms with Crippen LogP contribution >= 0.6 is 15.6 Å². The summed E-state index contributed by atoms with van der Waals surface area (Å²) in [4.78, 5) is 54.2. The standard InChI is InChI=1S/C23H48N4O15P2/c1-17(28)5-9-37-13-21(26-19(3)30)15-41-43(33,34)39-11-7-24-23(32)25-8-12-40-44(35,36)42-16-22(27-20(4)31)14-38-10-6-18(2)29/h17-18,21-22,28-29H,5-16H2,1-4H3,(H,26,30)(H,27,31)(H,33,34)(H,35,36)(H2,24,25,32)/t17-,18-,21-,22+/m1/s1. The SMILES string of the molecule is CC(=O)N[C@H](COCC[C@@H](C)O)COP(=O)(O)OCCNC(=O)NCCOP(=O)(O)OC[C@H](COCC[C@@H](C)O)NC(C)=O. The second kappa shape index (κ2) is 23.6. The van der Waals surface area contributed by atoms with Crippen molar-refractivity contribution in [1.29, 1.82) is 0 Å². The first kappa shape index (κ1) is 42.3. The van der Waals surface area contributed by atoms with Crippen molar-refractivity contribution in [2.75, 3.05) is 65.9 Å². The van der Waals surface area contributed by atoms with Gasteiger partial charge in [-0.2, -0.15) is 0 Å². The Morgan fingerprint density at radius 2 is 1.00 bits per heavy atom. The molecule has 0 bridgehead atoms. The Morgan fingerprint density at radius 3 is 1.32 bits per heavy atom. The minimum Gasteiger partial charge on any atom is -0.393 e. The number of phosphoric ester groups is 2. The first-order chi connectivity index (χ1) is 20.5. The average molecular weight is 683 g/mol. The van der Waals surface area contributed by atoms with Crippen molar-refractivity contribution in [2.24, 2.45) is 0 Å². The van der Waals surface area contributed by atoms with E-state index in [0.717, 1.165) is 0 Å². The van der Waals surface area contributed by atoms with Gasteiger partial charge in [-0.15, -0.1) is 0 Å². The van der Waals surface area contributed by atoms with E-state index in [-0.39, 0.29) is 39.5 Å². The summed E-state index contributed by atoms with van der Waals surface area (Å²) in [6.07, 6.45) is -0.407. The van der Waals surface area contributed by atoms with Gasteiger partial charge in [-0.1, -0.05) is 0 Å². The Kier molecular flexibility index (Phi) is 22.7. The summed E-state index contributed by atoms with van der Waals surface area (Å²) in [5, 5.41) is 28.2. The molecule has 19 nitrogen and oxygen atoms in total. The number of carbonyl (C=O) groups excluding carboxylic acids is 3. The third-order valence-corrected chi connectivity index (χ3v) is 6.94. The van der Waals surface area contributed by atoms with E-state index in [1.807, 2.05) is 0 Å². The van der Waals surface area contributed by atoms with E-state index in [9.17, 15) is 43.5 Å². The van der Waals surface area contributed by atoms with Crippen LogP contribution in [0.5, 0.6) is 0 Å². The van der Waals surface area contributed by atoms with Crippen LogP contribution in [0.3, 0.4) is 0 Å². The van der Waals surface area contributed by atoms with E-state index >= 15 is 0 Å². The summed E-state index contributed by atoms with van der Waals surface area (Å²) >= 11 is 0. The monoisotopic (exact) mass is 682 g/mol. The maximum atomic E-state index is 12.1. The molecule has 0 saturated heterocycles. The lowest BCUT2D eigenvalue weighted by Gasteiger charge is -2.20. The molecule has 0 aliphatic carbocycles. The molecule has 4 amide bonds. The molecule has 0 radical (unpaired) electrons. The van der Waals surface area contributed by atoms with Gasteiger partial charge < -0.3 is 50.7 Å². The quantitative estimate of drug-likeness (QED) is 0.0407. The van der Waals surface area contributed by atoms with Crippen molar-refractivity contribution >= 4 is 33.5 Å². The van der Waals surface area contributed by atoms with Gasteiger partial charge in [-0.3, -0.25) is 27.7 Å². The lowest BCUT2D eigenvalue weighted by atomic mass is 10.3. The fourth-order valence-corrected chi connectivity index (χ4v) is 4.48. The third-order valence-electron chi connectivity index (χ3n) is 4.97. The van der Waals surface area contributed by atoms with Gasteiger partial charge in [0.05, 0.1) is 63.9 Å². The summed E-state index contributed by atoms with van der Waals surface area (Å²) in [6, 6.07) is -2.24. The summed E-state index contributed by atoms with van der Waals surface area (Å²) in [6.45, 7) is 3.99. The molecule has 0 aliphatic heterocycles. The van der Waals surface area contributed by atoms with Crippen LogP contribution in [0.4, 0.5) is 4.79 Å². The normalized spacial score (nSPS) is 16.9. The van der Waals surface area contributed by atoms with Gasteiger partial charge in [0.15, 0.2) is 0 Å². The minimum absolute atomic E-state index is 0.0340. The number of phosphoric acid groups is 2. The highest BCUT2D eigenvalue weighted by Gasteiger charge is 2.25. The van der Waals surface area contributed by atoms with Crippen LogP contribution in [0.1, 0.15) is 40.5 Å². The zero-order chi connectivity index (χ0) is 33.6. The Morgan fingerprint density at radius 1 is 0.636 bits per heavy atom. The smallest absolute Gasteiger partial charge is 0.393 e. The molecule has 8 N–H and O–H groups in total. The minimum atomic E-state index is -4.54. The molecule has 0 aromatic heterocycles. The largest absolute Gasteiger partial charge is 0.472 e. The molecule has 6 atom stereocenters. The van der Waals surface area contributed by atoms with Crippen LogP contribution < -0.4 is 21.3 Å². The van der Waals surface area contributed by atoms with Crippen molar-refractivity contribution in [3.05, 3.63) is 0 Å². The molecule has 0 aromatic carbocycles. The van der Waals surface area contributed by atoms with Gasteiger partial charge in [0.25, 0.3) is 0 Å². The second-order valence-corrected chi connectivity index (χ2v) is 12.5. The zero-order valence-electron chi connectivity index (χ0n) is 25.5. The van der Waals surface area contributed by atoms with Crippen molar-refractivity contribution in [1.82, 2.24) is 21.3 Å². The molecule has 0 heterocycles. The van der Waals surface area contributed by atoms with Crippen LogP contribution in [0.25, 0.3) is 0 Å². The first-order valence-electron chi connectivity index (χ1n) is 13.8. The fraction of sp³-hybridized carbons (Fsp3) is 0.870. The van der Waals surface area contributed by atoms with Crippen LogP contribution in [0.2, 0.25) is 0 Å². The molecule has 260 valence electrons. The van der Waals surface area contributed by atoms with Crippen LogP contribution in [0.15, 0.2) is 0 Å². The molecular formula is C23H48N4O15P2. The van der Waals surface area contributed by atoms with Gasteiger partial charge in [-0.05, 0) is 26.7 Å². The van der Waals surface area contributed by atoms with Gasteiger partial charge >= 0.3 is 21.7 Å². The molecule has 21 heteroatoms. The van der Waals surface area contributed by atoms with E-state index in [4.69, 9.17) is 27.6 Å². The van der Waals surface area contributed by atoms with Crippen LogP contribution in [-0.2, 0) is 46.3 Å². The van der Waals surface area contributed by atoms with Gasteiger partial charge in [0, 0.05) is 40.2 Å². The number of rotatable bonds is 26. The number of hydrogen-bond acceptors (Lipinski definition) is 13. The van der Waals surface area contributed by atoms with E-state index < -0.39 is 84.2 Å². The lowest BCUT2D eigenvalue weighted by molar-refractivity contribution is -0.121. The molecule has 0 spiro atoms. The Bertz CT molecular complexity index is 858. The summed E-state index contributed by atoms with van der Waals surface area (Å²) < 4.78 is 54.1. The highest BCUT2D eigenvalue weighted by Crippen LogP contribution is 2.43. The number of urea groups is 1. The van der Waals surface area contributed by atoms with Crippen molar-refractivity contribution in [3.63, 3.8) is 0 Å². The van der Waals surface area contributed by atoms with E-state index in [1.165, 1.54) is 13.8 Å². The van der Waals surface area contributed by atoms with Gasteiger partial charge in [0.2, 0.25) is 11.8 Å². The van der Waals surface area contributed by atoms with Crippen molar-refractivity contribution in [2.45, 2.75) is 64.8 Å². The topological polar surface area (TPSA) is 270 Å². The Balaban J connectivity index is 4.27. The van der Waals surface area contributed by atoms with Gasteiger partial charge in [0.1, 0.15) is 0 Å². The highest BCUT2D eigenvalue weighted by atomic mass is 31.2. The number of carbonyl (C=O) groups is 3. The number of aliphatic hydroxyl groups is 2. The second-order valence-electron chi connectivity index (χ2n) is 9.60. The first-order valence-corrected chi connectivity index (χ1v) is 16.8. The number of hydrogen-bond donors (Lipinski definition) is 8. The number of nitrogens with one attached hydrogen (secondary N) is 4. The van der Waals surface area contributed by atoms with E-state index in [2.05, 4.69) is 21.3 Å². The van der Waals surface area contributed by atoms with Crippen LogP contribution in [0, 0.1) is 0 Å². The third kappa shape index (κ3) is 26.7. The predicted molar refractivity (Wildman–Crippen MR) is 154 cm³/mol. The average Bonchev–Trinajstić information content (AvgIpc) is 2.90. The molecule has 0 fully saturated rings. The summed E-state index contributed by atoms with van der Waals surface area (Å²) in [7, 11) is -9.07. The fourth-order valence-electron chi connectivity index (χ4n) is 2.95. The lowest BCUT2D eigenvalue weighted by Crippen LogP contribution is -2.40. The maximum absolute atomic E-state index is 12.1. The molecule has 0 aliphatic rings. The maximum Gasteiger partial charge on any atom is 0.472 e. The van der Waals surface area contributed by atoms with Crippen molar-refractivity contribution < 1.29 is 71.1 Å². The highest BCUT2D eigenvalue weighted by molar-refractivity contribution is 7.47. The molecular weight excluding hydrogens is 634 g/mol. The van der Waals surface area contributed by atoms with E-state index in [0.29, 0.717) is 12.8 Å². The number of ether oxygens (including phenoxy) is 2. The van der Waals surface area contributed by atoms with E-state index in [1.54, 1.807) is 13.8 Å². The van der Waals surface area contributed by atoms with Crippen molar-refractivity contribution in [3.8, 4) is 0 Å².